The maximum absolute atomic E-state index is 12.8. The Morgan fingerprint density at radius 1 is 1.38 bits per heavy atom. The number of aromatic nitrogens is 2. The van der Waals surface area contributed by atoms with Crippen LogP contribution in [0.5, 0.6) is 5.88 Å². The van der Waals surface area contributed by atoms with Gasteiger partial charge in [-0.3, -0.25) is 9.59 Å². The summed E-state index contributed by atoms with van der Waals surface area (Å²) in [7, 11) is 0. The Kier molecular flexibility index (Phi) is 4.66. The Balaban J connectivity index is 1.87. The smallest absolute Gasteiger partial charge is 0.306 e. The second kappa shape index (κ2) is 6.72. The van der Waals surface area contributed by atoms with Crippen molar-refractivity contribution >= 4 is 33.4 Å². The molecule has 3 rings (SSSR count). The first-order valence-electron chi connectivity index (χ1n) is 7.91. The van der Waals surface area contributed by atoms with Crippen LogP contribution in [-0.4, -0.2) is 51.5 Å². The van der Waals surface area contributed by atoms with Gasteiger partial charge in [0, 0.05) is 13.1 Å². The summed E-state index contributed by atoms with van der Waals surface area (Å²) >= 11 is 1.33. The molecule has 0 unspecified atom stereocenters. The Bertz CT molecular complexity index is 781. The van der Waals surface area contributed by atoms with Crippen LogP contribution >= 0.6 is 11.3 Å². The van der Waals surface area contributed by atoms with Crippen LogP contribution in [0, 0.1) is 12.8 Å². The number of aryl methyl sites for hydroxylation is 1. The Hall–Kier alpha value is -2.22. The largest absolute Gasteiger partial charge is 0.481 e. The van der Waals surface area contributed by atoms with Crippen LogP contribution < -0.4 is 4.74 Å². The molecule has 0 aliphatic carbocycles. The molecule has 1 aliphatic rings. The fourth-order valence-corrected chi connectivity index (χ4v) is 4.07. The Labute approximate surface area is 143 Å². The van der Waals surface area contributed by atoms with Gasteiger partial charge in [0.1, 0.15) is 11.2 Å². The zero-order valence-corrected chi connectivity index (χ0v) is 14.4. The fraction of sp³-hybridized carbons (Fsp3) is 0.500. The predicted octanol–water partition coefficient (Wildman–Crippen LogP) is 2.34. The van der Waals surface area contributed by atoms with E-state index >= 15 is 0 Å². The molecule has 0 bridgehead atoms. The molecule has 1 aliphatic heterocycles. The first-order valence-corrected chi connectivity index (χ1v) is 8.73. The van der Waals surface area contributed by atoms with Crippen molar-refractivity contribution in [1.29, 1.82) is 0 Å². The average molecular weight is 349 g/mol. The molecule has 128 valence electrons. The van der Waals surface area contributed by atoms with E-state index in [2.05, 4.69) is 9.97 Å². The van der Waals surface area contributed by atoms with Gasteiger partial charge >= 0.3 is 5.97 Å². The molecule has 0 aromatic carbocycles. The monoisotopic (exact) mass is 349 g/mol. The van der Waals surface area contributed by atoms with E-state index in [0.717, 1.165) is 15.8 Å². The van der Waals surface area contributed by atoms with E-state index in [9.17, 15) is 9.59 Å². The molecule has 1 N–H and O–H groups in total. The summed E-state index contributed by atoms with van der Waals surface area (Å²) in [6, 6.07) is 0. The van der Waals surface area contributed by atoms with Crippen LogP contribution in [0.4, 0.5) is 0 Å². The van der Waals surface area contributed by atoms with Crippen LogP contribution in [0.25, 0.3) is 10.2 Å². The Morgan fingerprint density at radius 2 is 2.08 bits per heavy atom. The van der Waals surface area contributed by atoms with Gasteiger partial charge in [0.15, 0.2) is 0 Å². The molecule has 1 fully saturated rings. The van der Waals surface area contributed by atoms with Crippen LogP contribution in [0.15, 0.2) is 6.33 Å². The second-order valence-electron chi connectivity index (χ2n) is 5.75. The van der Waals surface area contributed by atoms with Crippen molar-refractivity contribution in [2.75, 3.05) is 19.7 Å². The highest BCUT2D eigenvalue weighted by Gasteiger charge is 2.30. The third kappa shape index (κ3) is 2.93. The van der Waals surface area contributed by atoms with Crippen molar-refractivity contribution in [1.82, 2.24) is 14.9 Å². The SMILES string of the molecule is CCOc1ncnc2sc(C(=O)N3CCC(C(=O)O)CC3)c(C)c12. The molecule has 0 saturated carbocycles. The summed E-state index contributed by atoms with van der Waals surface area (Å²) in [5.41, 5.74) is 0.824. The lowest BCUT2D eigenvalue weighted by molar-refractivity contribution is -0.143. The third-order valence-electron chi connectivity index (χ3n) is 4.30. The Morgan fingerprint density at radius 3 is 2.71 bits per heavy atom. The lowest BCUT2D eigenvalue weighted by Gasteiger charge is -2.29. The molecule has 0 radical (unpaired) electrons. The van der Waals surface area contributed by atoms with Gasteiger partial charge in [0.05, 0.1) is 22.8 Å². The van der Waals surface area contributed by atoms with Gasteiger partial charge in [-0.15, -0.1) is 11.3 Å². The van der Waals surface area contributed by atoms with Crippen LogP contribution in [0.1, 0.15) is 35.0 Å². The molecule has 8 heteroatoms. The molecule has 0 spiro atoms. The van der Waals surface area contributed by atoms with Crippen LogP contribution in [0.2, 0.25) is 0 Å². The highest BCUT2D eigenvalue weighted by Crippen LogP contribution is 2.35. The van der Waals surface area contributed by atoms with Gasteiger partial charge in [-0.25, -0.2) is 9.97 Å². The van der Waals surface area contributed by atoms with E-state index in [1.54, 1.807) is 4.90 Å². The zero-order valence-electron chi connectivity index (χ0n) is 13.6. The number of nitrogens with zero attached hydrogens (tertiary/aromatic N) is 3. The van der Waals surface area contributed by atoms with Crippen LogP contribution in [-0.2, 0) is 4.79 Å². The highest BCUT2D eigenvalue weighted by molar-refractivity contribution is 7.20. The fourth-order valence-electron chi connectivity index (χ4n) is 2.96. The lowest BCUT2D eigenvalue weighted by Crippen LogP contribution is -2.40. The van der Waals surface area contributed by atoms with E-state index < -0.39 is 5.97 Å². The maximum Gasteiger partial charge on any atom is 0.306 e. The molecule has 2 aromatic heterocycles. The first-order chi connectivity index (χ1) is 11.5. The average Bonchev–Trinajstić information content (AvgIpc) is 2.92. The van der Waals surface area contributed by atoms with Crippen molar-refractivity contribution in [2.45, 2.75) is 26.7 Å². The summed E-state index contributed by atoms with van der Waals surface area (Å²) in [4.78, 5) is 35.4. The van der Waals surface area contributed by atoms with Gasteiger partial charge in [0.2, 0.25) is 5.88 Å². The van der Waals surface area contributed by atoms with Gasteiger partial charge in [-0.05, 0) is 32.3 Å². The van der Waals surface area contributed by atoms with Crippen molar-refractivity contribution in [3.63, 3.8) is 0 Å². The number of ether oxygens (including phenoxy) is 1. The lowest BCUT2D eigenvalue weighted by atomic mass is 9.97. The van der Waals surface area contributed by atoms with Crippen LogP contribution in [0.3, 0.4) is 0 Å². The predicted molar refractivity (Wildman–Crippen MR) is 89.6 cm³/mol. The highest BCUT2D eigenvalue weighted by atomic mass is 32.1. The number of rotatable bonds is 4. The maximum atomic E-state index is 12.8. The van der Waals surface area contributed by atoms with E-state index in [0.29, 0.717) is 43.3 Å². The molecule has 24 heavy (non-hydrogen) atoms. The topological polar surface area (TPSA) is 92.6 Å². The zero-order chi connectivity index (χ0) is 17.3. The standard InChI is InChI=1S/C16H19N3O4S/c1-3-23-13-11-9(2)12(24-14(11)18-8-17-13)15(20)19-6-4-10(5-7-19)16(21)22/h8,10H,3-7H2,1-2H3,(H,21,22). The first kappa shape index (κ1) is 16.6. The number of carboxylic acids is 1. The van der Waals surface area contributed by atoms with Crippen molar-refractivity contribution < 1.29 is 19.4 Å². The quantitative estimate of drug-likeness (QED) is 0.911. The van der Waals surface area contributed by atoms with E-state index in [-0.39, 0.29) is 11.8 Å². The van der Waals surface area contributed by atoms with Crippen molar-refractivity contribution in [3.8, 4) is 5.88 Å². The van der Waals surface area contributed by atoms with Gasteiger partial charge in [-0.1, -0.05) is 0 Å². The van der Waals surface area contributed by atoms with Crippen molar-refractivity contribution in [3.05, 3.63) is 16.8 Å². The number of thiophene rings is 1. The minimum Gasteiger partial charge on any atom is -0.481 e. The normalized spacial score (nSPS) is 15.7. The number of amides is 1. The second-order valence-corrected chi connectivity index (χ2v) is 6.75. The van der Waals surface area contributed by atoms with Gasteiger partial charge in [0.25, 0.3) is 5.91 Å². The number of carbonyl (C=O) groups is 2. The molecule has 7 nitrogen and oxygen atoms in total. The van der Waals surface area contributed by atoms with E-state index in [1.807, 2.05) is 13.8 Å². The van der Waals surface area contributed by atoms with Crippen molar-refractivity contribution in [2.24, 2.45) is 5.92 Å². The number of carbonyl (C=O) groups excluding carboxylic acids is 1. The number of hydrogen-bond donors (Lipinski definition) is 1. The molecular weight excluding hydrogens is 330 g/mol. The molecule has 3 heterocycles. The number of likely N-dealkylation sites (tertiary alicyclic amines) is 1. The third-order valence-corrected chi connectivity index (χ3v) is 5.49. The number of piperidine rings is 1. The minimum absolute atomic E-state index is 0.0678. The van der Waals surface area contributed by atoms with Gasteiger partial charge in [-0.2, -0.15) is 0 Å². The molecule has 1 saturated heterocycles. The molecule has 0 atom stereocenters. The minimum atomic E-state index is -0.781. The summed E-state index contributed by atoms with van der Waals surface area (Å²) in [6.07, 6.45) is 2.43. The number of hydrogen-bond acceptors (Lipinski definition) is 6. The summed E-state index contributed by atoms with van der Waals surface area (Å²) < 4.78 is 5.54. The van der Waals surface area contributed by atoms with Gasteiger partial charge < -0.3 is 14.7 Å². The number of aliphatic carboxylic acids is 1. The molecular formula is C16H19N3O4S. The molecule has 2 aromatic rings. The summed E-state index contributed by atoms with van der Waals surface area (Å²) in [5, 5.41) is 9.86. The summed E-state index contributed by atoms with van der Waals surface area (Å²) in [6.45, 7) is 5.19. The number of carboxylic acid groups (broad SMARTS) is 1. The van der Waals surface area contributed by atoms with E-state index in [4.69, 9.17) is 9.84 Å². The number of fused-ring (bicyclic) bond motifs is 1. The van der Waals surface area contributed by atoms with E-state index in [1.165, 1.54) is 17.7 Å². The summed E-state index contributed by atoms with van der Waals surface area (Å²) in [5.74, 6) is -0.702. The molecule has 1 amide bonds.